The van der Waals surface area contributed by atoms with Gasteiger partial charge in [0.1, 0.15) is 0 Å². The minimum atomic E-state index is -0.852. The second-order valence-electron chi connectivity index (χ2n) is 8.37. The maximum absolute atomic E-state index is 12.9. The van der Waals surface area contributed by atoms with E-state index >= 15 is 0 Å². The maximum Gasteiger partial charge on any atom is 0.312 e. The van der Waals surface area contributed by atoms with Crippen LogP contribution in [0.1, 0.15) is 45.4 Å². The predicted molar refractivity (Wildman–Crippen MR) is 92.7 cm³/mol. The molecule has 5 nitrogen and oxygen atoms in total. The molecule has 0 saturated heterocycles. The smallest absolute Gasteiger partial charge is 0.312 e. The minimum Gasteiger partial charge on any atom is -0.452 e. The number of carbonyl (C=O) groups excluding carboxylic acids is 2. The number of amides is 1. The fourth-order valence-corrected chi connectivity index (χ4v) is 5.56. The van der Waals surface area contributed by atoms with Crippen LogP contribution in [0, 0.1) is 17.3 Å². The normalized spacial score (nSPS) is 36.7. The van der Waals surface area contributed by atoms with Crippen LogP contribution in [0.2, 0.25) is 0 Å². The van der Waals surface area contributed by atoms with Crippen molar-refractivity contribution in [2.75, 3.05) is 5.32 Å². The van der Waals surface area contributed by atoms with E-state index in [0.717, 1.165) is 32.1 Å². The van der Waals surface area contributed by atoms with Crippen molar-refractivity contribution in [3.8, 4) is 0 Å². The van der Waals surface area contributed by atoms with E-state index < -0.39 is 17.1 Å². The van der Waals surface area contributed by atoms with Gasteiger partial charge >= 0.3 is 5.97 Å². The molecule has 0 spiro atoms. The molecule has 5 heteroatoms. The van der Waals surface area contributed by atoms with Gasteiger partial charge in [-0.25, -0.2) is 0 Å². The molecule has 0 heterocycles. The molecular weight excluding hydrogens is 318 g/mol. The molecule has 1 aromatic rings. The number of hydrogen-bond donors (Lipinski definition) is 2. The van der Waals surface area contributed by atoms with Crippen LogP contribution in [0.3, 0.4) is 0 Å². The fourth-order valence-electron chi connectivity index (χ4n) is 5.56. The molecule has 1 aromatic carbocycles. The summed E-state index contributed by atoms with van der Waals surface area (Å²) in [6.07, 6.45) is 3.94. The molecule has 4 bridgehead atoms. The topological polar surface area (TPSA) is 75.6 Å². The van der Waals surface area contributed by atoms with E-state index in [1.54, 1.807) is 19.1 Å². The first-order valence-electron chi connectivity index (χ1n) is 9.17. The molecule has 1 amide bonds. The van der Waals surface area contributed by atoms with Crippen molar-refractivity contribution in [1.82, 2.24) is 0 Å². The van der Waals surface area contributed by atoms with E-state index in [4.69, 9.17) is 4.74 Å². The molecular formula is C20H25NO4. The highest BCUT2D eigenvalue weighted by Crippen LogP contribution is 2.62. The summed E-state index contributed by atoms with van der Waals surface area (Å²) in [5, 5.41) is 13.5. The number of ether oxygens (including phenoxy) is 1. The second kappa shape index (κ2) is 5.84. The van der Waals surface area contributed by atoms with Crippen molar-refractivity contribution >= 4 is 17.6 Å². The van der Waals surface area contributed by atoms with Gasteiger partial charge in [-0.15, -0.1) is 0 Å². The number of anilines is 1. The number of hydrogen-bond acceptors (Lipinski definition) is 4. The Morgan fingerprint density at radius 2 is 1.80 bits per heavy atom. The lowest BCUT2D eigenvalue weighted by molar-refractivity contribution is -0.199. The first-order valence-corrected chi connectivity index (χ1v) is 9.17. The zero-order valence-corrected chi connectivity index (χ0v) is 14.5. The fraction of sp³-hybridized carbons (Fsp3) is 0.600. The summed E-state index contributed by atoms with van der Waals surface area (Å²) in [6.45, 7) is 1.60. The van der Waals surface area contributed by atoms with E-state index in [1.165, 1.54) is 0 Å². The number of aliphatic hydroxyl groups is 1. The Hall–Kier alpha value is -1.88. The van der Waals surface area contributed by atoms with Gasteiger partial charge in [-0.2, -0.15) is 0 Å². The van der Waals surface area contributed by atoms with Gasteiger partial charge in [0.25, 0.3) is 5.91 Å². The van der Waals surface area contributed by atoms with Crippen LogP contribution < -0.4 is 5.32 Å². The maximum atomic E-state index is 12.9. The van der Waals surface area contributed by atoms with Gasteiger partial charge in [0.05, 0.1) is 11.0 Å². The van der Waals surface area contributed by atoms with Gasteiger partial charge in [0, 0.05) is 5.69 Å². The Morgan fingerprint density at radius 1 is 1.16 bits per heavy atom. The average Bonchev–Trinajstić information content (AvgIpc) is 2.53. The molecule has 4 saturated carbocycles. The third-order valence-corrected chi connectivity index (χ3v) is 6.16. The summed E-state index contributed by atoms with van der Waals surface area (Å²) in [6, 6.07) is 9.13. The lowest BCUT2D eigenvalue weighted by Crippen LogP contribution is -2.59. The van der Waals surface area contributed by atoms with Crippen LogP contribution in [-0.4, -0.2) is 28.7 Å². The van der Waals surface area contributed by atoms with E-state index in [1.807, 2.05) is 18.2 Å². The summed E-state index contributed by atoms with van der Waals surface area (Å²) in [5.74, 6) is 0.179. The highest BCUT2D eigenvalue weighted by atomic mass is 16.5. The molecule has 2 N–H and O–H groups in total. The molecule has 5 atom stereocenters. The third-order valence-electron chi connectivity index (χ3n) is 6.16. The number of para-hydroxylation sites is 1. The zero-order valence-electron chi connectivity index (χ0n) is 14.5. The summed E-state index contributed by atoms with van der Waals surface area (Å²) < 4.78 is 5.55. The van der Waals surface area contributed by atoms with E-state index in [2.05, 4.69) is 5.32 Å². The van der Waals surface area contributed by atoms with Gasteiger partial charge in [0.15, 0.2) is 6.10 Å². The number of esters is 1. The van der Waals surface area contributed by atoms with Crippen molar-refractivity contribution in [2.45, 2.75) is 57.2 Å². The van der Waals surface area contributed by atoms with Crippen LogP contribution in [0.4, 0.5) is 5.69 Å². The molecule has 4 fully saturated rings. The number of nitrogens with one attached hydrogen (secondary N) is 1. The van der Waals surface area contributed by atoms with Crippen molar-refractivity contribution in [1.29, 1.82) is 0 Å². The Morgan fingerprint density at radius 3 is 2.40 bits per heavy atom. The highest BCUT2D eigenvalue weighted by molar-refractivity contribution is 5.95. The lowest BCUT2D eigenvalue weighted by Gasteiger charge is -2.58. The molecule has 134 valence electrons. The van der Waals surface area contributed by atoms with Crippen molar-refractivity contribution in [3.63, 3.8) is 0 Å². The Labute approximate surface area is 147 Å². The van der Waals surface area contributed by atoms with Crippen LogP contribution >= 0.6 is 0 Å². The van der Waals surface area contributed by atoms with Gasteiger partial charge in [0.2, 0.25) is 0 Å². The Bertz CT molecular complexity index is 672. The molecule has 25 heavy (non-hydrogen) atoms. The Kier molecular flexibility index (Phi) is 3.87. The molecule has 2 unspecified atom stereocenters. The van der Waals surface area contributed by atoms with E-state index in [9.17, 15) is 14.7 Å². The van der Waals surface area contributed by atoms with Crippen molar-refractivity contribution < 1.29 is 19.4 Å². The monoisotopic (exact) mass is 343 g/mol. The van der Waals surface area contributed by atoms with Gasteiger partial charge in [-0.3, -0.25) is 9.59 Å². The number of rotatable bonds is 4. The quantitative estimate of drug-likeness (QED) is 0.824. The van der Waals surface area contributed by atoms with Crippen LogP contribution in [0.15, 0.2) is 30.3 Å². The van der Waals surface area contributed by atoms with E-state index in [0.29, 0.717) is 23.9 Å². The molecule has 5 rings (SSSR count). The van der Waals surface area contributed by atoms with Gasteiger partial charge < -0.3 is 15.2 Å². The molecule has 4 aliphatic rings. The van der Waals surface area contributed by atoms with Crippen molar-refractivity contribution in [3.05, 3.63) is 30.3 Å². The number of carbonyl (C=O) groups is 2. The predicted octanol–water partition coefficient (Wildman–Crippen LogP) is 2.89. The summed E-state index contributed by atoms with van der Waals surface area (Å²) in [7, 11) is 0. The van der Waals surface area contributed by atoms with Gasteiger partial charge in [-0.1, -0.05) is 18.2 Å². The van der Waals surface area contributed by atoms with E-state index in [-0.39, 0.29) is 11.9 Å². The van der Waals surface area contributed by atoms with Crippen LogP contribution in [0.25, 0.3) is 0 Å². The SMILES string of the molecule is C[C@H](OC(=O)C12C[C@@H]3C[C@@H](CC(O)(C3)C1)C2)C(=O)Nc1ccccc1. The number of benzene rings is 1. The zero-order chi connectivity index (χ0) is 17.7. The summed E-state index contributed by atoms with van der Waals surface area (Å²) >= 11 is 0. The molecule has 0 radical (unpaired) electrons. The second-order valence-corrected chi connectivity index (χ2v) is 8.37. The Balaban J connectivity index is 1.42. The van der Waals surface area contributed by atoms with Crippen LogP contribution in [-0.2, 0) is 14.3 Å². The van der Waals surface area contributed by atoms with Crippen molar-refractivity contribution in [2.24, 2.45) is 17.3 Å². The lowest BCUT2D eigenvalue weighted by atomic mass is 9.48. The largest absolute Gasteiger partial charge is 0.452 e. The highest BCUT2D eigenvalue weighted by Gasteiger charge is 2.61. The third kappa shape index (κ3) is 3.06. The molecule has 0 aliphatic heterocycles. The summed E-state index contributed by atoms with van der Waals surface area (Å²) in [5.41, 5.74) is -0.627. The first-order chi connectivity index (χ1) is 11.9. The van der Waals surface area contributed by atoms with Gasteiger partial charge in [-0.05, 0) is 69.4 Å². The average molecular weight is 343 g/mol. The molecule has 4 aliphatic carbocycles. The minimum absolute atomic E-state index is 0.310. The summed E-state index contributed by atoms with van der Waals surface area (Å²) in [4.78, 5) is 25.2. The molecule has 0 aromatic heterocycles. The first kappa shape index (κ1) is 16.6. The standard InChI is InChI=1S/C20H25NO4/c1-13(17(22)21-16-5-3-2-4-6-16)25-18(23)19-8-14-7-15(9-19)11-20(24,10-14)12-19/h2-6,13-15,24H,7-12H2,1H3,(H,21,22)/t13-,14-,15+,19?,20?/m0/s1. The van der Waals surface area contributed by atoms with Crippen LogP contribution in [0.5, 0.6) is 0 Å².